The van der Waals surface area contributed by atoms with Crippen LogP contribution in [0.3, 0.4) is 0 Å². The lowest BCUT2D eigenvalue weighted by Gasteiger charge is -2.17. The lowest BCUT2D eigenvalue weighted by Crippen LogP contribution is -2.36. The van der Waals surface area contributed by atoms with E-state index in [2.05, 4.69) is 40.0 Å². The number of hydrogen-bond acceptors (Lipinski definition) is 3. The van der Waals surface area contributed by atoms with Gasteiger partial charge in [0.2, 0.25) is 0 Å². The van der Waals surface area contributed by atoms with Crippen molar-refractivity contribution in [1.29, 1.82) is 0 Å². The molecule has 19 heavy (non-hydrogen) atoms. The Balaban J connectivity index is 2.19. The number of ether oxygens (including phenoxy) is 1. The summed E-state index contributed by atoms with van der Waals surface area (Å²) in [6, 6.07) is 7.42. The van der Waals surface area contributed by atoms with Crippen molar-refractivity contribution in [3.05, 3.63) is 28.7 Å². The summed E-state index contributed by atoms with van der Waals surface area (Å²) < 4.78 is 6.38. The Hall–Kier alpha value is -1.07. The van der Waals surface area contributed by atoms with Crippen molar-refractivity contribution in [2.75, 3.05) is 32.8 Å². The second kappa shape index (κ2) is 8.93. The van der Waals surface area contributed by atoms with Crippen LogP contribution in [0, 0.1) is 0 Å². The average Bonchev–Trinajstić information content (AvgIpc) is 2.43. The van der Waals surface area contributed by atoms with Gasteiger partial charge in [0.15, 0.2) is 6.61 Å². The van der Waals surface area contributed by atoms with Gasteiger partial charge in [-0.3, -0.25) is 4.79 Å². The van der Waals surface area contributed by atoms with Crippen LogP contribution >= 0.6 is 15.9 Å². The molecule has 1 rings (SSSR count). The molecule has 0 saturated heterocycles. The first-order chi connectivity index (χ1) is 9.15. The summed E-state index contributed by atoms with van der Waals surface area (Å²) in [4.78, 5) is 13.8. The fourth-order valence-corrected chi connectivity index (χ4v) is 1.89. The fraction of sp³-hybridized carbons (Fsp3) is 0.500. The standard InChI is InChI=1S/C14H21BrN2O2/c1-3-17(4-2)10-9-16-14(18)11-19-13-7-5-12(15)6-8-13/h5-8H,3-4,9-11H2,1-2H3,(H,16,18). The molecule has 106 valence electrons. The van der Waals surface area contributed by atoms with Gasteiger partial charge in [-0.1, -0.05) is 29.8 Å². The highest BCUT2D eigenvalue weighted by Crippen LogP contribution is 2.15. The maximum atomic E-state index is 11.6. The van der Waals surface area contributed by atoms with E-state index in [-0.39, 0.29) is 12.5 Å². The normalized spacial score (nSPS) is 10.5. The molecule has 1 aromatic carbocycles. The molecule has 0 radical (unpaired) electrons. The largest absolute Gasteiger partial charge is 0.484 e. The fourth-order valence-electron chi connectivity index (χ4n) is 1.62. The van der Waals surface area contributed by atoms with Gasteiger partial charge in [-0.2, -0.15) is 0 Å². The topological polar surface area (TPSA) is 41.6 Å². The molecule has 0 bridgehead atoms. The minimum atomic E-state index is -0.0879. The maximum absolute atomic E-state index is 11.6. The predicted octanol–water partition coefficient (Wildman–Crippen LogP) is 2.29. The number of rotatable bonds is 8. The Kier molecular flexibility index (Phi) is 7.52. The van der Waals surface area contributed by atoms with Crippen LogP contribution in [-0.4, -0.2) is 43.6 Å². The molecule has 1 amide bonds. The summed E-state index contributed by atoms with van der Waals surface area (Å²) in [6.45, 7) is 7.81. The quantitative estimate of drug-likeness (QED) is 0.796. The molecule has 5 heteroatoms. The molecule has 0 unspecified atom stereocenters. The summed E-state index contributed by atoms with van der Waals surface area (Å²) >= 11 is 3.35. The van der Waals surface area contributed by atoms with Gasteiger partial charge in [0.05, 0.1) is 0 Å². The highest BCUT2D eigenvalue weighted by Gasteiger charge is 2.04. The van der Waals surface area contributed by atoms with Gasteiger partial charge in [-0.15, -0.1) is 0 Å². The van der Waals surface area contributed by atoms with Crippen LogP contribution in [0.15, 0.2) is 28.7 Å². The van der Waals surface area contributed by atoms with E-state index in [9.17, 15) is 4.79 Å². The third-order valence-corrected chi connectivity index (χ3v) is 3.36. The van der Waals surface area contributed by atoms with Crippen LogP contribution in [0.4, 0.5) is 0 Å². The first kappa shape index (κ1) is 16.0. The van der Waals surface area contributed by atoms with E-state index in [0.29, 0.717) is 12.3 Å². The van der Waals surface area contributed by atoms with Crippen molar-refractivity contribution >= 4 is 21.8 Å². The second-order valence-corrected chi connectivity index (χ2v) is 5.04. The molecule has 4 nitrogen and oxygen atoms in total. The highest BCUT2D eigenvalue weighted by molar-refractivity contribution is 9.10. The number of hydrogen-bond donors (Lipinski definition) is 1. The molecule has 0 spiro atoms. The molecule has 0 aromatic heterocycles. The summed E-state index contributed by atoms with van der Waals surface area (Å²) in [5.74, 6) is 0.608. The first-order valence-electron chi connectivity index (χ1n) is 6.53. The monoisotopic (exact) mass is 328 g/mol. The Labute approximate surface area is 123 Å². The number of nitrogens with one attached hydrogen (secondary N) is 1. The van der Waals surface area contributed by atoms with Crippen LogP contribution in [0.1, 0.15) is 13.8 Å². The summed E-state index contributed by atoms with van der Waals surface area (Å²) in [5.41, 5.74) is 0. The minimum absolute atomic E-state index is 0.0554. The van der Waals surface area contributed by atoms with Gasteiger partial charge < -0.3 is 15.0 Å². The van der Waals surface area contributed by atoms with Crippen molar-refractivity contribution in [2.45, 2.75) is 13.8 Å². The van der Waals surface area contributed by atoms with Gasteiger partial charge in [0, 0.05) is 17.6 Å². The third kappa shape index (κ3) is 6.59. The van der Waals surface area contributed by atoms with Crippen LogP contribution in [0.2, 0.25) is 0 Å². The molecule has 1 N–H and O–H groups in total. The van der Waals surface area contributed by atoms with Crippen molar-refractivity contribution in [2.24, 2.45) is 0 Å². The minimum Gasteiger partial charge on any atom is -0.484 e. The van der Waals surface area contributed by atoms with E-state index >= 15 is 0 Å². The molecule has 0 aliphatic carbocycles. The second-order valence-electron chi connectivity index (χ2n) is 4.12. The number of amides is 1. The van der Waals surface area contributed by atoms with Crippen LogP contribution in [0.5, 0.6) is 5.75 Å². The molecule has 0 atom stereocenters. The van der Waals surface area contributed by atoms with Crippen molar-refractivity contribution in [3.8, 4) is 5.75 Å². The van der Waals surface area contributed by atoms with E-state index in [1.165, 1.54) is 0 Å². The van der Waals surface area contributed by atoms with Gasteiger partial charge in [0.25, 0.3) is 5.91 Å². The Morgan fingerprint density at radius 3 is 2.47 bits per heavy atom. The molecular formula is C14H21BrN2O2. The van der Waals surface area contributed by atoms with E-state index in [1.54, 1.807) is 0 Å². The Bertz CT molecular complexity index is 378. The molecule has 1 aromatic rings. The van der Waals surface area contributed by atoms with E-state index in [0.717, 1.165) is 24.1 Å². The molecule has 0 heterocycles. The zero-order chi connectivity index (χ0) is 14.1. The van der Waals surface area contributed by atoms with Crippen LogP contribution < -0.4 is 10.1 Å². The predicted molar refractivity (Wildman–Crippen MR) is 80.4 cm³/mol. The zero-order valence-electron chi connectivity index (χ0n) is 11.5. The number of carbonyl (C=O) groups excluding carboxylic acids is 1. The summed E-state index contributed by atoms with van der Waals surface area (Å²) in [5, 5.41) is 2.85. The third-order valence-electron chi connectivity index (χ3n) is 2.83. The van der Waals surface area contributed by atoms with Gasteiger partial charge >= 0.3 is 0 Å². The van der Waals surface area contributed by atoms with E-state index < -0.39 is 0 Å². The average molecular weight is 329 g/mol. The van der Waals surface area contributed by atoms with E-state index in [4.69, 9.17) is 4.74 Å². The molecule has 0 saturated carbocycles. The summed E-state index contributed by atoms with van der Waals surface area (Å²) in [6.07, 6.45) is 0. The number of nitrogens with zero attached hydrogens (tertiary/aromatic N) is 1. The molecule has 0 aliphatic rings. The number of carbonyl (C=O) groups is 1. The molecule has 0 fully saturated rings. The highest BCUT2D eigenvalue weighted by atomic mass is 79.9. The number of benzene rings is 1. The van der Waals surface area contributed by atoms with Crippen LogP contribution in [-0.2, 0) is 4.79 Å². The maximum Gasteiger partial charge on any atom is 0.257 e. The van der Waals surface area contributed by atoms with Crippen molar-refractivity contribution in [1.82, 2.24) is 10.2 Å². The van der Waals surface area contributed by atoms with Gasteiger partial charge in [-0.25, -0.2) is 0 Å². The lowest BCUT2D eigenvalue weighted by atomic mass is 10.3. The first-order valence-corrected chi connectivity index (χ1v) is 7.32. The van der Waals surface area contributed by atoms with Gasteiger partial charge in [0.1, 0.15) is 5.75 Å². The molecular weight excluding hydrogens is 308 g/mol. The SMILES string of the molecule is CCN(CC)CCNC(=O)COc1ccc(Br)cc1. The van der Waals surface area contributed by atoms with Gasteiger partial charge in [-0.05, 0) is 37.4 Å². The molecule has 0 aliphatic heterocycles. The smallest absolute Gasteiger partial charge is 0.257 e. The number of likely N-dealkylation sites (N-methyl/N-ethyl adjacent to an activating group) is 1. The van der Waals surface area contributed by atoms with E-state index in [1.807, 2.05) is 24.3 Å². The Morgan fingerprint density at radius 1 is 1.26 bits per heavy atom. The van der Waals surface area contributed by atoms with Crippen molar-refractivity contribution in [3.63, 3.8) is 0 Å². The lowest BCUT2D eigenvalue weighted by molar-refractivity contribution is -0.123. The zero-order valence-corrected chi connectivity index (χ0v) is 13.1. The Morgan fingerprint density at radius 2 is 1.89 bits per heavy atom. The number of halogens is 1. The summed E-state index contributed by atoms with van der Waals surface area (Å²) in [7, 11) is 0. The van der Waals surface area contributed by atoms with Crippen LogP contribution in [0.25, 0.3) is 0 Å². The van der Waals surface area contributed by atoms with Crippen molar-refractivity contribution < 1.29 is 9.53 Å².